The van der Waals surface area contributed by atoms with Gasteiger partial charge in [-0.2, -0.15) is 0 Å². The Kier molecular flexibility index (Phi) is 4.12. The van der Waals surface area contributed by atoms with Crippen LogP contribution in [0, 0.1) is 6.92 Å². The Morgan fingerprint density at radius 2 is 2.00 bits per heavy atom. The molecule has 0 unspecified atom stereocenters. The SMILES string of the molecule is Cc1cc(SCc2ccccc2C(=O)O)ccc1N. The van der Waals surface area contributed by atoms with Crippen molar-refractivity contribution in [1.82, 2.24) is 0 Å². The fraction of sp³-hybridized carbons (Fsp3) is 0.133. The summed E-state index contributed by atoms with van der Waals surface area (Å²) in [4.78, 5) is 12.2. The van der Waals surface area contributed by atoms with E-state index in [1.165, 1.54) is 0 Å². The molecule has 2 rings (SSSR count). The van der Waals surface area contributed by atoms with E-state index in [0.717, 1.165) is 21.7 Å². The molecule has 0 spiro atoms. The molecule has 0 aliphatic carbocycles. The van der Waals surface area contributed by atoms with E-state index in [-0.39, 0.29) is 0 Å². The monoisotopic (exact) mass is 273 g/mol. The molecule has 2 aromatic rings. The van der Waals surface area contributed by atoms with Crippen LogP contribution in [0.5, 0.6) is 0 Å². The number of carbonyl (C=O) groups is 1. The lowest BCUT2D eigenvalue weighted by Gasteiger charge is -2.07. The Hall–Kier alpha value is -1.94. The molecule has 3 nitrogen and oxygen atoms in total. The zero-order valence-electron chi connectivity index (χ0n) is 10.6. The van der Waals surface area contributed by atoms with E-state index in [9.17, 15) is 4.79 Å². The Morgan fingerprint density at radius 1 is 1.26 bits per heavy atom. The summed E-state index contributed by atoms with van der Waals surface area (Å²) in [5.74, 6) is -0.254. The van der Waals surface area contributed by atoms with Crippen LogP contribution in [0.2, 0.25) is 0 Å². The Bertz CT molecular complexity index is 611. The maximum absolute atomic E-state index is 11.1. The molecule has 3 N–H and O–H groups in total. The smallest absolute Gasteiger partial charge is 0.335 e. The number of aromatic carboxylic acids is 1. The summed E-state index contributed by atoms with van der Waals surface area (Å²) in [7, 11) is 0. The van der Waals surface area contributed by atoms with Crippen LogP contribution >= 0.6 is 11.8 Å². The number of nitrogens with two attached hydrogens (primary N) is 1. The molecular formula is C15H15NO2S. The number of anilines is 1. The van der Waals surface area contributed by atoms with Gasteiger partial charge < -0.3 is 10.8 Å². The summed E-state index contributed by atoms with van der Waals surface area (Å²) in [6, 6.07) is 12.9. The second-order valence-electron chi connectivity index (χ2n) is 4.27. The van der Waals surface area contributed by atoms with E-state index in [0.29, 0.717) is 11.3 Å². The summed E-state index contributed by atoms with van der Waals surface area (Å²) in [5, 5.41) is 9.12. The van der Waals surface area contributed by atoms with Gasteiger partial charge in [0.05, 0.1) is 5.56 Å². The fourth-order valence-corrected chi connectivity index (χ4v) is 2.75. The first kappa shape index (κ1) is 13.5. The molecule has 2 aromatic carbocycles. The highest BCUT2D eigenvalue weighted by atomic mass is 32.2. The van der Waals surface area contributed by atoms with Gasteiger partial charge in [0.1, 0.15) is 0 Å². The molecule has 0 atom stereocenters. The maximum atomic E-state index is 11.1. The summed E-state index contributed by atoms with van der Waals surface area (Å²) in [6.45, 7) is 1.96. The Morgan fingerprint density at radius 3 is 2.68 bits per heavy atom. The standard InChI is InChI=1S/C15H15NO2S/c1-10-8-12(6-7-14(10)16)19-9-11-4-2-3-5-13(11)15(17)18/h2-8H,9,16H2,1H3,(H,17,18). The molecule has 0 bridgehead atoms. The first-order valence-electron chi connectivity index (χ1n) is 5.88. The fourth-order valence-electron chi connectivity index (χ4n) is 1.75. The molecule has 0 heterocycles. The van der Waals surface area contributed by atoms with Crippen molar-refractivity contribution in [3.05, 3.63) is 59.2 Å². The molecule has 19 heavy (non-hydrogen) atoms. The largest absolute Gasteiger partial charge is 0.478 e. The third-order valence-electron chi connectivity index (χ3n) is 2.88. The Labute approximate surface area is 116 Å². The number of hydrogen-bond acceptors (Lipinski definition) is 3. The van der Waals surface area contributed by atoms with Gasteiger partial charge >= 0.3 is 5.97 Å². The van der Waals surface area contributed by atoms with E-state index in [1.54, 1.807) is 23.9 Å². The number of nitrogen functional groups attached to an aromatic ring is 1. The van der Waals surface area contributed by atoms with Crippen LogP contribution in [0.15, 0.2) is 47.4 Å². The minimum absolute atomic E-state index is 0.363. The molecule has 0 aromatic heterocycles. The lowest BCUT2D eigenvalue weighted by Crippen LogP contribution is -2.00. The van der Waals surface area contributed by atoms with Gasteiger partial charge in [0.25, 0.3) is 0 Å². The highest BCUT2D eigenvalue weighted by Gasteiger charge is 2.09. The number of carboxylic acid groups (broad SMARTS) is 1. The van der Waals surface area contributed by atoms with Gasteiger partial charge in [-0.05, 0) is 42.3 Å². The highest BCUT2D eigenvalue weighted by molar-refractivity contribution is 7.98. The van der Waals surface area contributed by atoms with Crippen LogP contribution in [0.3, 0.4) is 0 Å². The van der Waals surface area contributed by atoms with Crippen molar-refractivity contribution in [3.8, 4) is 0 Å². The molecule has 4 heteroatoms. The summed E-state index contributed by atoms with van der Waals surface area (Å²) in [5.41, 5.74) is 8.78. The van der Waals surface area contributed by atoms with Crippen molar-refractivity contribution < 1.29 is 9.90 Å². The van der Waals surface area contributed by atoms with Crippen LogP contribution < -0.4 is 5.73 Å². The first-order chi connectivity index (χ1) is 9.08. The molecule has 0 fully saturated rings. The average Bonchev–Trinajstić information content (AvgIpc) is 2.40. The van der Waals surface area contributed by atoms with Crippen LogP contribution in [-0.2, 0) is 5.75 Å². The first-order valence-corrected chi connectivity index (χ1v) is 6.86. The molecule has 0 aliphatic heterocycles. The third-order valence-corrected chi connectivity index (χ3v) is 3.93. The van der Waals surface area contributed by atoms with Crippen molar-refractivity contribution in [3.63, 3.8) is 0 Å². The van der Waals surface area contributed by atoms with Gasteiger partial charge in [-0.25, -0.2) is 4.79 Å². The second-order valence-corrected chi connectivity index (χ2v) is 5.32. The second kappa shape index (κ2) is 5.80. The van der Waals surface area contributed by atoms with Crippen LogP contribution in [0.25, 0.3) is 0 Å². The number of aryl methyl sites for hydroxylation is 1. The van der Waals surface area contributed by atoms with Crippen molar-refractivity contribution >= 4 is 23.4 Å². The number of benzene rings is 2. The topological polar surface area (TPSA) is 63.3 Å². The zero-order valence-corrected chi connectivity index (χ0v) is 11.4. The number of carboxylic acids is 1. The molecule has 0 radical (unpaired) electrons. The molecule has 0 saturated heterocycles. The van der Waals surface area contributed by atoms with Gasteiger partial charge in [-0.1, -0.05) is 18.2 Å². The quantitative estimate of drug-likeness (QED) is 0.660. The summed E-state index contributed by atoms with van der Waals surface area (Å²) in [6.07, 6.45) is 0. The van der Waals surface area contributed by atoms with E-state index < -0.39 is 5.97 Å². The summed E-state index contributed by atoms with van der Waals surface area (Å²) >= 11 is 1.61. The molecule has 0 amide bonds. The predicted molar refractivity (Wildman–Crippen MR) is 78.6 cm³/mol. The van der Waals surface area contributed by atoms with Crippen LogP contribution in [0.4, 0.5) is 5.69 Å². The summed E-state index contributed by atoms with van der Waals surface area (Å²) < 4.78 is 0. The zero-order chi connectivity index (χ0) is 13.8. The predicted octanol–water partition coefficient (Wildman–Crippen LogP) is 3.57. The van der Waals surface area contributed by atoms with E-state index in [1.807, 2.05) is 37.3 Å². The lowest BCUT2D eigenvalue weighted by atomic mass is 10.1. The number of hydrogen-bond donors (Lipinski definition) is 2. The van der Waals surface area contributed by atoms with Gasteiger partial charge in [0, 0.05) is 16.3 Å². The van der Waals surface area contributed by atoms with Crippen LogP contribution in [0.1, 0.15) is 21.5 Å². The third kappa shape index (κ3) is 3.29. The van der Waals surface area contributed by atoms with Gasteiger partial charge in [-0.15, -0.1) is 11.8 Å². The van der Waals surface area contributed by atoms with Crippen LogP contribution in [-0.4, -0.2) is 11.1 Å². The molecule has 0 aliphatic rings. The van der Waals surface area contributed by atoms with Gasteiger partial charge in [0.2, 0.25) is 0 Å². The highest BCUT2D eigenvalue weighted by Crippen LogP contribution is 2.26. The Balaban J connectivity index is 2.14. The molecule has 98 valence electrons. The molecular weight excluding hydrogens is 258 g/mol. The van der Waals surface area contributed by atoms with Crippen molar-refractivity contribution in [1.29, 1.82) is 0 Å². The normalized spacial score (nSPS) is 10.4. The lowest BCUT2D eigenvalue weighted by molar-refractivity contribution is 0.0696. The van der Waals surface area contributed by atoms with Crippen molar-refractivity contribution in [2.75, 3.05) is 5.73 Å². The number of rotatable bonds is 4. The van der Waals surface area contributed by atoms with E-state index in [4.69, 9.17) is 10.8 Å². The van der Waals surface area contributed by atoms with Crippen molar-refractivity contribution in [2.45, 2.75) is 17.6 Å². The minimum atomic E-state index is -0.885. The van der Waals surface area contributed by atoms with Crippen molar-refractivity contribution in [2.24, 2.45) is 0 Å². The van der Waals surface area contributed by atoms with Gasteiger partial charge in [-0.3, -0.25) is 0 Å². The maximum Gasteiger partial charge on any atom is 0.335 e. The molecule has 0 saturated carbocycles. The average molecular weight is 273 g/mol. The van der Waals surface area contributed by atoms with E-state index >= 15 is 0 Å². The number of thioether (sulfide) groups is 1. The minimum Gasteiger partial charge on any atom is -0.478 e. The van der Waals surface area contributed by atoms with E-state index in [2.05, 4.69) is 0 Å². The van der Waals surface area contributed by atoms with Gasteiger partial charge in [0.15, 0.2) is 0 Å².